The molecule has 0 atom stereocenters. The second kappa shape index (κ2) is 4.85. The van der Waals surface area contributed by atoms with Gasteiger partial charge in [0.05, 0.1) is 6.54 Å². The first-order chi connectivity index (χ1) is 9.13. The van der Waals surface area contributed by atoms with Gasteiger partial charge in [-0.2, -0.15) is 5.10 Å². The van der Waals surface area contributed by atoms with Crippen LogP contribution in [0.5, 0.6) is 11.5 Å². The minimum atomic E-state index is 0.593. The zero-order chi connectivity index (χ0) is 13.4. The quantitative estimate of drug-likeness (QED) is 0.852. The average Bonchev–Trinajstić information content (AvgIpc) is 2.69. The van der Waals surface area contributed by atoms with Crippen molar-refractivity contribution in [2.75, 3.05) is 13.2 Å². The molecule has 3 rings (SSSR count). The van der Waals surface area contributed by atoms with Gasteiger partial charge in [-0.1, -0.05) is 15.9 Å². The molecule has 6 heteroatoms. The Morgan fingerprint density at radius 2 is 1.89 bits per heavy atom. The molecule has 5 nitrogen and oxygen atoms in total. The van der Waals surface area contributed by atoms with E-state index in [0.717, 1.165) is 33.2 Å². The fourth-order valence-electron chi connectivity index (χ4n) is 2.10. The van der Waals surface area contributed by atoms with Crippen molar-refractivity contribution in [1.29, 1.82) is 0 Å². The number of halogens is 1. The van der Waals surface area contributed by atoms with Crippen molar-refractivity contribution in [3.05, 3.63) is 33.8 Å². The summed E-state index contributed by atoms with van der Waals surface area (Å²) < 4.78 is 14.0. The monoisotopic (exact) mass is 323 g/mol. The molecule has 0 N–H and O–H groups in total. The van der Waals surface area contributed by atoms with Crippen LogP contribution in [0.1, 0.15) is 17.2 Å². The Kier molecular flexibility index (Phi) is 3.18. The SMILES string of the molecule is Cc1nc(C)n(Cc2cc3c(cc2Br)OCCO3)n1. The Labute approximate surface area is 119 Å². The van der Waals surface area contributed by atoms with Crippen LogP contribution in [0.3, 0.4) is 0 Å². The van der Waals surface area contributed by atoms with Gasteiger partial charge < -0.3 is 9.47 Å². The van der Waals surface area contributed by atoms with Crippen molar-refractivity contribution in [3.8, 4) is 11.5 Å². The van der Waals surface area contributed by atoms with Crippen LogP contribution in [0.2, 0.25) is 0 Å². The summed E-state index contributed by atoms with van der Waals surface area (Å²) in [7, 11) is 0. The Hall–Kier alpha value is -1.56. The van der Waals surface area contributed by atoms with Gasteiger partial charge in [0, 0.05) is 4.47 Å². The van der Waals surface area contributed by atoms with Gasteiger partial charge in [-0.25, -0.2) is 9.67 Å². The van der Waals surface area contributed by atoms with Gasteiger partial charge in [-0.3, -0.25) is 0 Å². The van der Waals surface area contributed by atoms with Crippen LogP contribution in [0.15, 0.2) is 16.6 Å². The Morgan fingerprint density at radius 3 is 2.53 bits per heavy atom. The summed E-state index contributed by atoms with van der Waals surface area (Å²) in [5.74, 6) is 3.26. The highest BCUT2D eigenvalue weighted by Crippen LogP contribution is 2.35. The number of ether oxygens (including phenoxy) is 2. The predicted molar refractivity (Wildman–Crippen MR) is 73.7 cm³/mol. The van der Waals surface area contributed by atoms with E-state index in [1.165, 1.54) is 0 Å². The van der Waals surface area contributed by atoms with Crippen molar-refractivity contribution < 1.29 is 9.47 Å². The number of hydrogen-bond donors (Lipinski definition) is 0. The lowest BCUT2D eigenvalue weighted by molar-refractivity contribution is 0.171. The minimum Gasteiger partial charge on any atom is -0.486 e. The fourth-order valence-corrected chi connectivity index (χ4v) is 2.55. The van der Waals surface area contributed by atoms with E-state index in [-0.39, 0.29) is 0 Å². The highest BCUT2D eigenvalue weighted by atomic mass is 79.9. The summed E-state index contributed by atoms with van der Waals surface area (Å²) in [4.78, 5) is 4.30. The molecule has 1 aromatic heterocycles. The molecule has 1 aromatic carbocycles. The summed E-state index contributed by atoms with van der Waals surface area (Å²) in [5.41, 5.74) is 1.09. The largest absolute Gasteiger partial charge is 0.486 e. The Morgan fingerprint density at radius 1 is 1.21 bits per heavy atom. The van der Waals surface area contributed by atoms with Gasteiger partial charge in [0.25, 0.3) is 0 Å². The molecule has 0 bridgehead atoms. The Balaban J connectivity index is 1.94. The molecule has 0 spiro atoms. The van der Waals surface area contributed by atoms with E-state index >= 15 is 0 Å². The van der Waals surface area contributed by atoms with Crippen molar-refractivity contribution in [1.82, 2.24) is 14.8 Å². The lowest BCUT2D eigenvalue weighted by Crippen LogP contribution is -2.16. The zero-order valence-electron chi connectivity index (χ0n) is 10.8. The second-order valence-electron chi connectivity index (χ2n) is 4.45. The van der Waals surface area contributed by atoms with Gasteiger partial charge >= 0.3 is 0 Å². The van der Waals surface area contributed by atoms with E-state index in [9.17, 15) is 0 Å². The molecule has 0 aliphatic carbocycles. The van der Waals surface area contributed by atoms with Crippen molar-refractivity contribution in [2.24, 2.45) is 0 Å². The molecule has 1 aliphatic heterocycles. The molecule has 100 valence electrons. The number of rotatable bonds is 2. The molecule has 0 amide bonds. The summed E-state index contributed by atoms with van der Waals surface area (Å²) >= 11 is 3.57. The first-order valence-corrected chi connectivity index (χ1v) is 6.89. The third-order valence-electron chi connectivity index (χ3n) is 2.99. The molecule has 2 aromatic rings. The van der Waals surface area contributed by atoms with Crippen LogP contribution in [0, 0.1) is 13.8 Å². The normalized spacial score (nSPS) is 13.6. The van der Waals surface area contributed by atoms with E-state index in [4.69, 9.17) is 9.47 Å². The van der Waals surface area contributed by atoms with Crippen LogP contribution >= 0.6 is 15.9 Å². The maximum absolute atomic E-state index is 5.60. The first-order valence-electron chi connectivity index (χ1n) is 6.09. The van der Waals surface area contributed by atoms with Crippen LogP contribution in [0.25, 0.3) is 0 Å². The van der Waals surface area contributed by atoms with E-state index < -0.39 is 0 Å². The number of hydrogen-bond acceptors (Lipinski definition) is 4. The number of aromatic nitrogens is 3. The van der Waals surface area contributed by atoms with E-state index in [1.807, 2.05) is 30.7 Å². The molecule has 0 fully saturated rings. The zero-order valence-corrected chi connectivity index (χ0v) is 12.4. The minimum absolute atomic E-state index is 0.593. The van der Waals surface area contributed by atoms with Gasteiger partial charge in [0.15, 0.2) is 11.5 Å². The molecule has 0 saturated carbocycles. The van der Waals surface area contributed by atoms with E-state index in [2.05, 4.69) is 26.0 Å². The van der Waals surface area contributed by atoms with Gasteiger partial charge in [-0.05, 0) is 31.5 Å². The maximum atomic E-state index is 5.60. The smallest absolute Gasteiger partial charge is 0.162 e. The summed E-state index contributed by atoms with van der Waals surface area (Å²) in [5, 5.41) is 4.37. The molecular weight excluding hydrogens is 310 g/mol. The molecule has 1 aliphatic rings. The third kappa shape index (κ3) is 2.45. The van der Waals surface area contributed by atoms with Crippen molar-refractivity contribution in [2.45, 2.75) is 20.4 Å². The standard InChI is InChI=1S/C13H14BrN3O2/c1-8-15-9(2)17(16-8)7-10-5-12-13(6-11(10)14)19-4-3-18-12/h5-6H,3-4,7H2,1-2H3. The van der Waals surface area contributed by atoms with Crippen LogP contribution in [-0.2, 0) is 6.54 Å². The van der Waals surface area contributed by atoms with Crippen LogP contribution in [0.4, 0.5) is 0 Å². The van der Waals surface area contributed by atoms with Crippen LogP contribution < -0.4 is 9.47 Å². The van der Waals surface area contributed by atoms with Crippen LogP contribution in [-0.4, -0.2) is 28.0 Å². The second-order valence-corrected chi connectivity index (χ2v) is 5.31. The summed E-state index contributed by atoms with van der Waals surface area (Å²) in [6.45, 7) is 5.69. The molecule has 0 unspecified atom stereocenters. The highest BCUT2D eigenvalue weighted by Gasteiger charge is 2.15. The molecule has 2 heterocycles. The highest BCUT2D eigenvalue weighted by molar-refractivity contribution is 9.10. The topological polar surface area (TPSA) is 49.2 Å². The van der Waals surface area contributed by atoms with E-state index in [1.54, 1.807) is 0 Å². The third-order valence-corrected chi connectivity index (χ3v) is 3.73. The summed E-state index contributed by atoms with van der Waals surface area (Å²) in [6.07, 6.45) is 0. The van der Waals surface area contributed by atoms with Gasteiger partial charge in [-0.15, -0.1) is 0 Å². The van der Waals surface area contributed by atoms with Gasteiger partial charge in [0.1, 0.15) is 24.9 Å². The molecule has 0 radical (unpaired) electrons. The maximum Gasteiger partial charge on any atom is 0.162 e. The lowest BCUT2D eigenvalue weighted by Gasteiger charge is -2.20. The van der Waals surface area contributed by atoms with Crippen molar-refractivity contribution in [3.63, 3.8) is 0 Å². The Bertz CT molecular complexity index is 625. The molecule has 19 heavy (non-hydrogen) atoms. The van der Waals surface area contributed by atoms with Gasteiger partial charge in [0.2, 0.25) is 0 Å². The number of benzene rings is 1. The lowest BCUT2D eigenvalue weighted by atomic mass is 10.2. The average molecular weight is 324 g/mol. The fraction of sp³-hybridized carbons (Fsp3) is 0.385. The van der Waals surface area contributed by atoms with E-state index in [0.29, 0.717) is 19.8 Å². The number of nitrogens with zero attached hydrogens (tertiary/aromatic N) is 3. The molecule has 0 saturated heterocycles. The summed E-state index contributed by atoms with van der Waals surface area (Å²) in [6, 6.07) is 3.94. The number of aryl methyl sites for hydroxylation is 2. The molecular formula is C13H14BrN3O2. The van der Waals surface area contributed by atoms with Crippen molar-refractivity contribution >= 4 is 15.9 Å². The first kappa shape index (κ1) is 12.5. The number of fused-ring (bicyclic) bond motifs is 1. The predicted octanol–water partition coefficient (Wildman–Crippen LogP) is 2.48.